The van der Waals surface area contributed by atoms with Crippen LogP contribution in [-0.2, 0) is 0 Å². The third-order valence-corrected chi connectivity index (χ3v) is 5.33. The molecule has 0 aliphatic carbocycles. The molecule has 0 spiro atoms. The van der Waals surface area contributed by atoms with Crippen molar-refractivity contribution in [3.05, 3.63) is 66.7 Å². The fraction of sp³-hybridized carbons (Fsp3) is 0.607. The standard InChI is InChI=1S/C7H9N3.C7H13N3.2C5H9N3.C4H8N4/c1-6(2)10-5-4-7(8-3)9-10;1-5(2)10-7(4)8-6(3)9-10;1-5(2)8-4-6-3-7-8;1-5(2)8-6-3-4-7-8;1-4(2)8-6-3-5-7-8/h4-6H,1-2H3;5H,1-4H3;2*3-5H,1-2H3;3-4H,1-2H3. The summed E-state index contributed by atoms with van der Waals surface area (Å²) < 4.78 is 5.50. The van der Waals surface area contributed by atoms with Crippen molar-refractivity contribution in [2.75, 3.05) is 0 Å². The first-order valence-electron chi connectivity index (χ1n) is 14.5. The molecule has 5 aromatic rings. The van der Waals surface area contributed by atoms with E-state index in [1.807, 2.05) is 66.3 Å². The fourth-order valence-corrected chi connectivity index (χ4v) is 3.09. The Morgan fingerprint density at radius 2 is 1.30 bits per heavy atom. The van der Waals surface area contributed by atoms with Crippen LogP contribution < -0.4 is 0 Å². The Balaban J connectivity index is 0.000000276. The normalized spacial score (nSPS) is 10.4. The van der Waals surface area contributed by atoms with Crippen molar-refractivity contribution in [2.45, 2.75) is 113 Å². The SMILES string of the molecule is CC(C)n1cncn1.CC(C)n1nccn1.CC(C)n1ncnn1.Cc1nc(C)n(C(C)C)n1.[C-]#[N+]c1ccn(C(C)C)n1. The summed E-state index contributed by atoms with van der Waals surface area (Å²) in [5.74, 6) is 2.31. The van der Waals surface area contributed by atoms with Gasteiger partial charge in [-0.1, -0.05) is 6.57 Å². The Hall–Kier alpha value is -4.81. The third kappa shape index (κ3) is 13.9. The predicted octanol–water partition coefficient (Wildman–Crippen LogP) is 5.46. The monoisotopic (exact) mass is 608 g/mol. The molecule has 0 aromatic carbocycles. The van der Waals surface area contributed by atoms with E-state index >= 15 is 0 Å². The van der Waals surface area contributed by atoms with E-state index in [9.17, 15) is 0 Å². The van der Waals surface area contributed by atoms with Crippen LogP contribution in [0.25, 0.3) is 4.85 Å². The van der Waals surface area contributed by atoms with Crippen LogP contribution in [0, 0.1) is 20.4 Å². The highest BCUT2D eigenvalue weighted by Gasteiger charge is 2.04. The second-order valence-corrected chi connectivity index (χ2v) is 10.9. The highest BCUT2D eigenvalue weighted by molar-refractivity contribution is 5.32. The first kappa shape index (κ1) is 37.2. The molecule has 5 rings (SSSR count). The number of aromatic nitrogens is 15. The van der Waals surface area contributed by atoms with E-state index in [-0.39, 0.29) is 0 Å². The Bertz CT molecular complexity index is 1330. The van der Waals surface area contributed by atoms with Crippen LogP contribution in [0.5, 0.6) is 0 Å². The first-order chi connectivity index (χ1) is 20.8. The zero-order chi connectivity index (χ0) is 33.2. The van der Waals surface area contributed by atoms with E-state index in [1.54, 1.807) is 50.1 Å². The van der Waals surface area contributed by atoms with Crippen molar-refractivity contribution in [3.63, 3.8) is 0 Å². The molecule has 0 unspecified atom stereocenters. The molecular formula is C28H48N16. The average Bonchev–Trinajstić information content (AvgIpc) is 3.81. The predicted molar refractivity (Wildman–Crippen MR) is 168 cm³/mol. The van der Waals surface area contributed by atoms with E-state index in [1.165, 1.54) is 6.33 Å². The summed E-state index contributed by atoms with van der Waals surface area (Å²) in [4.78, 5) is 14.4. The quantitative estimate of drug-likeness (QED) is 0.234. The zero-order valence-electron chi connectivity index (χ0n) is 28.1. The minimum absolute atomic E-state index is 0.317. The van der Waals surface area contributed by atoms with Crippen LogP contribution in [-0.4, -0.2) is 74.5 Å². The van der Waals surface area contributed by atoms with Crippen molar-refractivity contribution >= 4 is 5.82 Å². The van der Waals surface area contributed by atoms with Crippen LogP contribution in [0.3, 0.4) is 0 Å². The maximum Gasteiger partial charge on any atom is 0.295 e. The Morgan fingerprint density at radius 3 is 1.55 bits per heavy atom. The van der Waals surface area contributed by atoms with Gasteiger partial charge in [-0.15, -0.1) is 10.2 Å². The van der Waals surface area contributed by atoms with Crippen LogP contribution >= 0.6 is 0 Å². The summed E-state index contributed by atoms with van der Waals surface area (Å²) in [6.45, 7) is 31.0. The largest absolute Gasteiger partial charge is 0.359 e. The highest BCUT2D eigenvalue weighted by Crippen LogP contribution is 2.10. The van der Waals surface area contributed by atoms with Gasteiger partial charge in [-0.2, -0.15) is 34.7 Å². The summed E-state index contributed by atoms with van der Waals surface area (Å²) in [5, 5.41) is 31.0. The van der Waals surface area contributed by atoms with Gasteiger partial charge in [0.15, 0.2) is 6.33 Å². The summed E-state index contributed by atoms with van der Waals surface area (Å²) in [6, 6.07) is 3.60. The number of hydrogen-bond acceptors (Lipinski definition) is 10. The van der Waals surface area contributed by atoms with Crippen molar-refractivity contribution in [1.82, 2.24) is 74.5 Å². The molecule has 44 heavy (non-hydrogen) atoms. The summed E-state index contributed by atoms with van der Waals surface area (Å²) in [5.41, 5.74) is 0. The van der Waals surface area contributed by atoms with Gasteiger partial charge in [0.1, 0.15) is 24.3 Å². The van der Waals surface area contributed by atoms with Gasteiger partial charge >= 0.3 is 0 Å². The first-order valence-corrected chi connectivity index (χ1v) is 14.5. The molecule has 240 valence electrons. The maximum absolute atomic E-state index is 6.65. The molecule has 5 aromatic heterocycles. The number of rotatable bonds is 5. The highest BCUT2D eigenvalue weighted by atomic mass is 15.6. The second kappa shape index (κ2) is 19.4. The van der Waals surface area contributed by atoms with E-state index < -0.39 is 0 Å². The van der Waals surface area contributed by atoms with Crippen molar-refractivity contribution in [3.8, 4) is 0 Å². The second-order valence-electron chi connectivity index (χ2n) is 10.9. The number of aryl methyl sites for hydroxylation is 2. The number of hydrogen-bond donors (Lipinski definition) is 0. The molecule has 0 fully saturated rings. The molecule has 0 atom stereocenters. The van der Waals surface area contributed by atoms with Crippen molar-refractivity contribution < 1.29 is 0 Å². The molecular weight excluding hydrogens is 560 g/mol. The van der Waals surface area contributed by atoms with Gasteiger partial charge in [0, 0.05) is 18.3 Å². The number of nitrogens with zero attached hydrogens (tertiary/aromatic N) is 16. The van der Waals surface area contributed by atoms with Gasteiger partial charge < -0.3 is 4.85 Å². The lowest BCUT2D eigenvalue weighted by Crippen LogP contribution is -2.04. The Labute approximate surface area is 260 Å². The molecule has 0 radical (unpaired) electrons. The lowest BCUT2D eigenvalue weighted by molar-refractivity contribution is 0.455. The van der Waals surface area contributed by atoms with Gasteiger partial charge in [-0.3, -0.25) is 4.68 Å². The minimum atomic E-state index is 0.317. The molecule has 16 heteroatoms. The Morgan fingerprint density at radius 1 is 0.682 bits per heavy atom. The molecule has 0 saturated carbocycles. The fourth-order valence-electron chi connectivity index (χ4n) is 3.09. The molecule has 5 heterocycles. The molecule has 0 N–H and O–H groups in total. The lowest BCUT2D eigenvalue weighted by Gasteiger charge is -2.04. The minimum Gasteiger partial charge on any atom is -0.359 e. The average molecular weight is 609 g/mol. The van der Waals surface area contributed by atoms with Gasteiger partial charge in [0.25, 0.3) is 5.82 Å². The molecule has 0 amide bonds. The van der Waals surface area contributed by atoms with Crippen molar-refractivity contribution in [1.29, 1.82) is 0 Å². The van der Waals surface area contributed by atoms with Crippen LogP contribution in [0.2, 0.25) is 0 Å². The van der Waals surface area contributed by atoms with E-state index in [4.69, 9.17) is 6.57 Å². The summed E-state index contributed by atoms with van der Waals surface area (Å²) >= 11 is 0. The molecule has 16 nitrogen and oxygen atoms in total. The molecule has 0 saturated heterocycles. The van der Waals surface area contributed by atoms with Gasteiger partial charge in [-0.25, -0.2) is 14.6 Å². The van der Waals surface area contributed by atoms with Crippen LogP contribution in [0.4, 0.5) is 5.82 Å². The van der Waals surface area contributed by atoms with Gasteiger partial charge in [0.2, 0.25) is 0 Å². The van der Waals surface area contributed by atoms with Gasteiger partial charge in [-0.05, 0) is 99.5 Å². The van der Waals surface area contributed by atoms with Gasteiger partial charge in [0.05, 0.1) is 30.5 Å². The molecule has 0 aliphatic heterocycles. The Kier molecular flexibility index (Phi) is 16.4. The smallest absolute Gasteiger partial charge is 0.295 e. The van der Waals surface area contributed by atoms with E-state index in [2.05, 4.69) is 83.4 Å². The molecule has 0 bridgehead atoms. The van der Waals surface area contributed by atoms with Crippen molar-refractivity contribution in [2.24, 2.45) is 0 Å². The zero-order valence-corrected chi connectivity index (χ0v) is 28.1. The summed E-state index contributed by atoms with van der Waals surface area (Å²) in [6.07, 6.45) is 9.86. The topological polar surface area (TPSA) is 158 Å². The summed E-state index contributed by atoms with van der Waals surface area (Å²) in [7, 11) is 0. The molecule has 0 aliphatic rings. The van der Waals surface area contributed by atoms with E-state index in [0.717, 1.165) is 11.6 Å². The maximum atomic E-state index is 6.65. The third-order valence-electron chi connectivity index (χ3n) is 5.33. The van der Waals surface area contributed by atoms with Crippen LogP contribution in [0.1, 0.15) is 111 Å². The number of tetrazole rings is 1. The van der Waals surface area contributed by atoms with Crippen LogP contribution in [0.15, 0.2) is 43.6 Å². The lowest BCUT2D eigenvalue weighted by atomic mass is 10.4. The van der Waals surface area contributed by atoms with E-state index in [0.29, 0.717) is 36.0 Å².